The molecule has 0 saturated heterocycles. The average Bonchev–Trinajstić information content (AvgIpc) is 2.45. The van der Waals surface area contributed by atoms with E-state index in [0.29, 0.717) is 13.2 Å². The van der Waals surface area contributed by atoms with Gasteiger partial charge in [-0.15, -0.1) is 0 Å². The molecule has 0 atom stereocenters. The zero-order valence-corrected chi connectivity index (χ0v) is 15.7. The van der Waals surface area contributed by atoms with E-state index in [4.69, 9.17) is 19.6 Å². The van der Waals surface area contributed by atoms with Gasteiger partial charge in [-0.1, -0.05) is 39.5 Å². The predicted octanol–water partition coefficient (Wildman–Crippen LogP) is 5.60. The van der Waals surface area contributed by atoms with Crippen LogP contribution in [0.3, 0.4) is 0 Å². The summed E-state index contributed by atoms with van der Waals surface area (Å²) in [4.78, 5) is 21.5. The lowest BCUT2D eigenvalue weighted by atomic mass is 9.96. The number of rotatable bonds is 15. The molecular formula is C18H38O4. The van der Waals surface area contributed by atoms with Crippen molar-refractivity contribution in [3.05, 3.63) is 0 Å². The predicted molar refractivity (Wildman–Crippen MR) is 90.5 cm³/mol. The van der Waals surface area contributed by atoms with Crippen molar-refractivity contribution in [2.24, 2.45) is 0 Å². The Kier molecular flexibility index (Phi) is 12.2. The fourth-order valence-corrected chi connectivity index (χ4v) is 1.99. The van der Waals surface area contributed by atoms with E-state index >= 15 is 0 Å². The summed E-state index contributed by atoms with van der Waals surface area (Å²) in [7, 11) is 0. The number of unbranched alkanes of at least 4 members (excludes halogenated alkanes) is 3. The monoisotopic (exact) mass is 318 g/mol. The van der Waals surface area contributed by atoms with E-state index in [9.17, 15) is 0 Å². The lowest BCUT2D eigenvalue weighted by Crippen LogP contribution is -2.27. The molecule has 0 unspecified atom stereocenters. The number of hydrogen-bond acceptors (Lipinski definition) is 4. The topological polar surface area (TPSA) is 36.9 Å². The van der Waals surface area contributed by atoms with Crippen molar-refractivity contribution in [2.75, 3.05) is 13.2 Å². The molecular weight excluding hydrogens is 280 g/mol. The molecule has 0 N–H and O–H groups in total. The molecule has 0 amide bonds. The fraction of sp³-hybridized carbons (Fsp3) is 1.00. The van der Waals surface area contributed by atoms with Crippen molar-refractivity contribution in [3.8, 4) is 0 Å². The summed E-state index contributed by atoms with van der Waals surface area (Å²) in [5.41, 5.74) is -0.452. The third kappa shape index (κ3) is 13.5. The van der Waals surface area contributed by atoms with Crippen LogP contribution in [0.4, 0.5) is 0 Å². The molecule has 0 spiro atoms. The van der Waals surface area contributed by atoms with E-state index in [1.807, 2.05) is 0 Å². The van der Waals surface area contributed by atoms with Crippen molar-refractivity contribution >= 4 is 0 Å². The molecule has 0 aromatic carbocycles. The molecule has 22 heavy (non-hydrogen) atoms. The van der Waals surface area contributed by atoms with Crippen LogP contribution in [0.2, 0.25) is 0 Å². The van der Waals surface area contributed by atoms with Gasteiger partial charge in [-0.05, 0) is 53.4 Å². The standard InChI is InChI=1S/C18H38O4/c1-7-9-15-19-21-17(3,4)13-11-12-14-18(5,6)22-20-16-10-8-2/h7-16H2,1-6H3. The maximum atomic E-state index is 5.50. The maximum Gasteiger partial charge on any atom is 0.0980 e. The normalized spacial score (nSPS) is 12.8. The van der Waals surface area contributed by atoms with Crippen molar-refractivity contribution in [2.45, 2.75) is 104 Å². The van der Waals surface area contributed by atoms with Crippen LogP contribution < -0.4 is 0 Å². The minimum Gasteiger partial charge on any atom is -0.236 e. The first-order valence-corrected chi connectivity index (χ1v) is 8.94. The second kappa shape index (κ2) is 12.3. The average molecular weight is 318 g/mol. The highest BCUT2D eigenvalue weighted by Gasteiger charge is 2.22. The summed E-state index contributed by atoms with van der Waals surface area (Å²) in [6.45, 7) is 14.0. The second-order valence-corrected chi connectivity index (χ2v) is 7.24. The van der Waals surface area contributed by atoms with Crippen molar-refractivity contribution < 1.29 is 19.6 Å². The summed E-state index contributed by atoms with van der Waals surface area (Å²) in [5.74, 6) is 0. The van der Waals surface area contributed by atoms with Gasteiger partial charge in [0.05, 0.1) is 24.4 Å². The first kappa shape index (κ1) is 21.8. The van der Waals surface area contributed by atoms with Crippen molar-refractivity contribution in [1.29, 1.82) is 0 Å². The Morgan fingerprint density at radius 3 is 1.27 bits per heavy atom. The summed E-state index contributed by atoms with van der Waals surface area (Å²) in [6.07, 6.45) is 8.47. The molecule has 0 radical (unpaired) electrons. The van der Waals surface area contributed by atoms with Crippen LogP contribution >= 0.6 is 0 Å². The van der Waals surface area contributed by atoms with Crippen LogP contribution in [0.5, 0.6) is 0 Å². The molecule has 0 aliphatic carbocycles. The first-order valence-electron chi connectivity index (χ1n) is 8.94. The Morgan fingerprint density at radius 2 is 0.955 bits per heavy atom. The van der Waals surface area contributed by atoms with E-state index in [-0.39, 0.29) is 11.2 Å². The SMILES string of the molecule is CCCCOOC(C)(C)CCCCC(C)(C)OOCCCC. The van der Waals surface area contributed by atoms with Gasteiger partial charge in [-0.3, -0.25) is 0 Å². The summed E-state index contributed by atoms with van der Waals surface area (Å²) >= 11 is 0. The Balaban J connectivity index is 3.70. The third-order valence-electron chi connectivity index (χ3n) is 3.54. The van der Waals surface area contributed by atoms with Crippen molar-refractivity contribution in [1.82, 2.24) is 0 Å². The van der Waals surface area contributed by atoms with Gasteiger partial charge >= 0.3 is 0 Å². The zero-order chi connectivity index (χ0) is 16.9. The van der Waals surface area contributed by atoms with Crippen LogP contribution in [-0.2, 0) is 19.6 Å². The first-order chi connectivity index (χ1) is 10.3. The zero-order valence-electron chi connectivity index (χ0n) is 15.7. The molecule has 0 aliphatic heterocycles. The maximum absolute atomic E-state index is 5.50. The molecule has 4 heteroatoms. The smallest absolute Gasteiger partial charge is 0.0980 e. The Bertz CT molecular complexity index is 225. The molecule has 0 rings (SSSR count). The van der Waals surface area contributed by atoms with Gasteiger partial charge in [-0.25, -0.2) is 19.6 Å². The summed E-state index contributed by atoms with van der Waals surface area (Å²) in [6, 6.07) is 0. The van der Waals surface area contributed by atoms with Crippen LogP contribution in [0, 0.1) is 0 Å². The lowest BCUT2D eigenvalue weighted by Gasteiger charge is -2.26. The molecule has 0 saturated carbocycles. The minimum absolute atomic E-state index is 0.226. The van der Waals surface area contributed by atoms with Gasteiger partial charge in [0.1, 0.15) is 0 Å². The highest BCUT2D eigenvalue weighted by atomic mass is 17.2. The van der Waals surface area contributed by atoms with Gasteiger partial charge in [-0.2, -0.15) is 0 Å². The van der Waals surface area contributed by atoms with Gasteiger partial charge < -0.3 is 0 Å². The summed E-state index contributed by atoms with van der Waals surface area (Å²) < 4.78 is 0. The largest absolute Gasteiger partial charge is 0.236 e. The van der Waals surface area contributed by atoms with E-state index in [1.165, 1.54) is 0 Å². The second-order valence-electron chi connectivity index (χ2n) is 7.24. The number of hydrogen-bond donors (Lipinski definition) is 0. The van der Waals surface area contributed by atoms with Gasteiger partial charge in [0.15, 0.2) is 0 Å². The van der Waals surface area contributed by atoms with Gasteiger partial charge in [0.2, 0.25) is 0 Å². The molecule has 0 heterocycles. The Morgan fingerprint density at radius 1 is 0.591 bits per heavy atom. The fourth-order valence-electron chi connectivity index (χ4n) is 1.99. The van der Waals surface area contributed by atoms with E-state index in [2.05, 4.69) is 41.5 Å². The molecule has 0 aliphatic rings. The third-order valence-corrected chi connectivity index (χ3v) is 3.54. The van der Waals surface area contributed by atoms with Crippen LogP contribution in [0.15, 0.2) is 0 Å². The lowest BCUT2D eigenvalue weighted by molar-refractivity contribution is -0.357. The van der Waals surface area contributed by atoms with Crippen LogP contribution in [-0.4, -0.2) is 24.4 Å². The van der Waals surface area contributed by atoms with Crippen LogP contribution in [0.25, 0.3) is 0 Å². The van der Waals surface area contributed by atoms with E-state index in [0.717, 1.165) is 51.4 Å². The minimum atomic E-state index is -0.226. The van der Waals surface area contributed by atoms with E-state index in [1.54, 1.807) is 0 Å². The van der Waals surface area contributed by atoms with Crippen LogP contribution in [0.1, 0.15) is 92.9 Å². The molecule has 0 aromatic rings. The van der Waals surface area contributed by atoms with E-state index < -0.39 is 0 Å². The summed E-state index contributed by atoms with van der Waals surface area (Å²) in [5, 5.41) is 0. The Hall–Kier alpha value is -0.160. The molecule has 4 nitrogen and oxygen atoms in total. The molecule has 134 valence electrons. The highest BCUT2D eigenvalue weighted by molar-refractivity contribution is 4.70. The van der Waals surface area contributed by atoms with Gasteiger partial charge in [0.25, 0.3) is 0 Å². The molecule has 0 aromatic heterocycles. The highest BCUT2D eigenvalue weighted by Crippen LogP contribution is 2.23. The van der Waals surface area contributed by atoms with Gasteiger partial charge in [0, 0.05) is 0 Å². The molecule has 0 fully saturated rings. The quantitative estimate of drug-likeness (QED) is 0.224. The van der Waals surface area contributed by atoms with Crippen molar-refractivity contribution in [3.63, 3.8) is 0 Å². The molecule has 0 bridgehead atoms. The Labute approximate surface area is 137 Å².